The highest BCUT2D eigenvalue weighted by Gasteiger charge is 2.05. The van der Waals surface area contributed by atoms with Gasteiger partial charge in [0.15, 0.2) is 6.61 Å². The Kier molecular flexibility index (Phi) is 5.71. The first-order valence-corrected chi connectivity index (χ1v) is 7.12. The molecule has 1 amide bonds. The smallest absolute Gasteiger partial charge is 0.277 e. The van der Waals surface area contributed by atoms with Crippen LogP contribution in [0.1, 0.15) is 5.56 Å². The van der Waals surface area contributed by atoms with Crippen molar-refractivity contribution >= 4 is 39.7 Å². The molecular weight excluding hydrogens is 358 g/mol. The van der Waals surface area contributed by atoms with Gasteiger partial charge in [0.05, 0.1) is 10.7 Å². The third-order valence-corrected chi connectivity index (χ3v) is 3.22. The fourth-order valence-corrected chi connectivity index (χ4v) is 2.19. The van der Waals surface area contributed by atoms with Crippen LogP contribution in [0.3, 0.4) is 0 Å². The average molecular weight is 369 g/mol. The summed E-state index contributed by atoms with van der Waals surface area (Å²) in [4.78, 5) is 15.5. The minimum absolute atomic E-state index is 0.145. The molecule has 0 bridgehead atoms. The Morgan fingerprint density at radius 3 is 2.86 bits per heavy atom. The molecule has 1 N–H and O–H groups in total. The highest BCUT2D eigenvalue weighted by atomic mass is 79.9. The molecule has 0 aliphatic carbocycles. The van der Waals surface area contributed by atoms with Gasteiger partial charge in [-0.1, -0.05) is 11.6 Å². The van der Waals surface area contributed by atoms with Gasteiger partial charge in [0.25, 0.3) is 5.91 Å². The topological polar surface area (TPSA) is 63.6 Å². The molecular formula is C14H11BrClN3O2. The van der Waals surface area contributed by atoms with E-state index >= 15 is 0 Å². The molecule has 0 aliphatic rings. The first-order valence-electron chi connectivity index (χ1n) is 5.95. The lowest BCUT2D eigenvalue weighted by Gasteiger charge is -2.07. The highest BCUT2D eigenvalue weighted by Crippen LogP contribution is 2.27. The molecule has 2 aromatic rings. The van der Waals surface area contributed by atoms with E-state index in [1.54, 1.807) is 42.7 Å². The van der Waals surface area contributed by atoms with Crippen molar-refractivity contribution in [2.45, 2.75) is 0 Å². The number of carbonyl (C=O) groups excluding carboxylic acids is 1. The maximum absolute atomic E-state index is 11.6. The molecule has 0 fully saturated rings. The number of aromatic nitrogens is 1. The summed E-state index contributed by atoms with van der Waals surface area (Å²) in [6, 6.07) is 8.60. The predicted octanol–water partition coefficient (Wildman–Crippen LogP) is 3.03. The standard InChI is InChI=1S/C14H11BrClN3O2/c15-12-7-11(16)1-2-13(12)21-9-14(20)19-18-8-10-3-5-17-6-4-10/h1-8H,9H2,(H,19,20)/b18-8-. The Labute approximate surface area is 135 Å². The number of halogens is 2. The molecule has 7 heteroatoms. The fraction of sp³-hybridized carbons (Fsp3) is 0.0714. The first-order chi connectivity index (χ1) is 10.1. The molecule has 1 aromatic carbocycles. The molecule has 0 radical (unpaired) electrons. The van der Waals surface area contributed by atoms with E-state index in [0.29, 0.717) is 15.2 Å². The Morgan fingerprint density at radius 1 is 1.38 bits per heavy atom. The lowest BCUT2D eigenvalue weighted by molar-refractivity contribution is -0.123. The summed E-state index contributed by atoms with van der Waals surface area (Å²) in [6.45, 7) is -0.145. The van der Waals surface area contributed by atoms with E-state index in [-0.39, 0.29) is 12.5 Å². The van der Waals surface area contributed by atoms with Crippen molar-refractivity contribution in [2.75, 3.05) is 6.61 Å². The predicted molar refractivity (Wildman–Crippen MR) is 84.6 cm³/mol. The molecule has 0 saturated carbocycles. The number of amides is 1. The van der Waals surface area contributed by atoms with Gasteiger partial charge in [0, 0.05) is 17.4 Å². The Morgan fingerprint density at radius 2 is 2.14 bits per heavy atom. The second kappa shape index (κ2) is 7.75. The summed E-state index contributed by atoms with van der Waals surface area (Å²) >= 11 is 9.12. The van der Waals surface area contributed by atoms with Gasteiger partial charge in [-0.2, -0.15) is 5.10 Å². The van der Waals surface area contributed by atoms with E-state index in [1.165, 1.54) is 6.21 Å². The monoisotopic (exact) mass is 367 g/mol. The van der Waals surface area contributed by atoms with Crippen LogP contribution in [0.25, 0.3) is 0 Å². The quantitative estimate of drug-likeness (QED) is 0.652. The molecule has 0 atom stereocenters. The number of rotatable bonds is 5. The summed E-state index contributed by atoms with van der Waals surface area (Å²) < 4.78 is 6.04. The third-order valence-electron chi connectivity index (χ3n) is 2.36. The average Bonchev–Trinajstić information content (AvgIpc) is 2.47. The van der Waals surface area contributed by atoms with Crippen molar-refractivity contribution < 1.29 is 9.53 Å². The van der Waals surface area contributed by atoms with Gasteiger partial charge in [0.1, 0.15) is 5.75 Å². The van der Waals surface area contributed by atoms with E-state index < -0.39 is 0 Å². The van der Waals surface area contributed by atoms with Crippen LogP contribution in [0.2, 0.25) is 5.02 Å². The molecule has 21 heavy (non-hydrogen) atoms. The Hall–Kier alpha value is -1.92. The summed E-state index contributed by atoms with van der Waals surface area (Å²) in [5.41, 5.74) is 3.22. The van der Waals surface area contributed by atoms with Gasteiger partial charge >= 0.3 is 0 Å². The van der Waals surface area contributed by atoms with Crippen molar-refractivity contribution in [3.05, 3.63) is 57.8 Å². The van der Waals surface area contributed by atoms with Crippen molar-refractivity contribution in [3.63, 3.8) is 0 Å². The van der Waals surface area contributed by atoms with Crippen LogP contribution in [0.4, 0.5) is 0 Å². The van der Waals surface area contributed by atoms with Crippen molar-refractivity contribution in [3.8, 4) is 5.75 Å². The minimum Gasteiger partial charge on any atom is -0.483 e. The Bertz CT molecular complexity index is 650. The van der Waals surface area contributed by atoms with Crippen LogP contribution < -0.4 is 10.2 Å². The van der Waals surface area contributed by atoms with Gasteiger partial charge in [-0.25, -0.2) is 5.43 Å². The van der Waals surface area contributed by atoms with Gasteiger partial charge in [-0.3, -0.25) is 9.78 Å². The third kappa shape index (κ3) is 5.17. The van der Waals surface area contributed by atoms with Crippen LogP contribution in [0, 0.1) is 0 Å². The van der Waals surface area contributed by atoms with Crippen LogP contribution in [-0.4, -0.2) is 23.7 Å². The summed E-state index contributed by atoms with van der Waals surface area (Å²) in [6.07, 6.45) is 4.81. The maximum Gasteiger partial charge on any atom is 0.277 e. The van der Waals surface area contributed by atoms with E-state index in [1.807, 2.05) is 0 Å². The molecule has 0 unspecified atom stereocenters. The molecule has 0 spiro atoms. The van der Waals surface area contributed by atoms with Gasteiger partial charge in [0.2, 0.25) is 0 Å². The lowest BCUT2D eigenvalue weighted by Crippen LogP contribution is -2.24. The van der Waals surface area contributed by atoms with Crippen LogP contribution >= 0.6 is 27.5 Å². The van der Waals surface area contributed by atoms with Crippen LogP contribution in [-0.2, 0) is 4.79 Å². The number of ether oxygens (including phenoxy) is 1. The van der Waals surface area contributed by atoms with Gasteiger partial charge in [-0.15, -0.1) is 0 Å². The molecule has 1 aromatic heterocycles. The Balaban J connectivity index is 1.81. The number of hydrogen-bond acceptors (Lipinski definition) is 4. The molecule has 0 aliphatic heterocycles. The second-order valence-electron chi connectivity index (χ2n) is 3.94. The van der Waals surface area contributed by atoms with E-state index in [2.05, 4.69) is 31.4 Å². The van der Waals surface area contributed by atoms with Gasteiger partial charge < -0.3 is 4.74 Å². The van der Waals surface area contributed by atoms with Crippen molar-refractivity contribution in [2.24, 2.45) is 5.10 Å². The number of benzene rings is 1. The zero-order valence-electron chi connectivity index (χ0n) is 10.8. The normalized spacial score (nSPS) is 10.6. The fourth-order valence-electron chi connectivity index (χ4n) is 1.40. The lowest BCUT2D eigenvalue weighted by atomic mass is 10.3. The highest BCUT2D eigenvalue weighted by molar-refractivity contribution is 9.10. The van der Waals surface area contributed by atoms with Gasteiger partial charge in [-0.05, 0) is 51.8 Å². The number of hydrogen-bond donors (Lipinski definition) is 1. The molecule has 0 saturated heterocycles. The number of carbonyl (C=O) groups is 1. The number of pyridine rings is 1. The van der Waals surface area contributed by atoms with Crippen LogP contribution in [0.5, 0.6) is 5.75 Å². The SMILES string of the molecule is O=C(COc1ccc(Cl)cc1Br)N/N=C\c1ccncc1. The maximum atomic E-state index is 11.6. The summed E-state index contributed by atoms with van der Waals surface area (Å²) in [5, 5.41) is 4.41. The molecule has 108 valence electrons. The van der Waals surface area contributed by atoms with Crippen molar-refractivity contribution in [1.29, 1.82) is 0 Å². The zero-order valence-corrected chi connectivity index (χ0v) is 13.1. The number of nitrogens with one attached hydrogen (secondary N) is 1. The van der Waals surface area contributed by atoms with E-state index in [4.69, 9.17) is 16.3 Å². The first kappa shape index (κ1) is 15.5. The summed E-state index contributed by atoms with van der Waals surface area (Å²) in [5.74, 6) is 0.176. The largest absolute Gasteiger partial charge is 0.483 e. The zero-order chi connectivity index (χ0) is 15.1. The van der Waals surface area contributed by atoms with Crippen LogP contribution in [0.15, 0.2) is 52.3 Å². The minimum atomic E-state index is -0.359. The molecule has 2 rings (SSSR count). The number of hydrazone groups is 1. The molecule has 5 nitrogen and oxygen atoms in total. The van der Waals surface area contributed by atoms with Crippen molar-refractivity contribution in [1.82, 2.24) is 10.4 Å². The molecule has 1 heterocycles. The number of nitrogens with zero attached hydrogens (tertiary/aromatic N) is 2. The second-order valence-corrected chi connectivity index (χ2v) is 5.23. The summed E-state index contributed by atoms with van der Waals surface area (Å²) in [7, 11) is 0. The van der Waals surface area contributed by atoms with E-state index in [0.717, 1.165) is 5.56 Å². The van der Waals surface area contributed by atoms with E-state index in [9.17, 15) is 4.79 Å².